The van der Waals surface area contributed by atoms with Crippen LogP contribution in [0.15, 0.2) is 53.4 Å². The lowest BCUT2D eigenvalue weighted by molar-refractivity contribution is -0.132. The van der Waals surface area contributed by atoms with Gasteiger partial charge in [0.05, 0.1) is 11.5 Å². The monoisotopic (exact) mass is 444 g/mol. The number of ether oxygens (including phenoxy) is 1. The average molecular weight is 445 g/mol. The maximum atomic E-state index is 13.0. The van der Waals surface area contributed by atoms with Gasteiger partial charge in [-0.3, -0.25) is 4.79 Å². The zero-order valence-corrected chi connectivity index (χ0v) is 19.4. The van der Waals surface area contributed by atoms with Crippen LogP contribution in [0.5, 0.6) is 5.75 Å². The van der Waals surface area contributed by atoms with E-state index in [0.29, 0.717) is 56.4 Å². The Labute approximate surface area is 185 Å². The summed E-state index contributed by atoms with van der Waals surface area (Å²) in [7, 11) is -3.54. The topological polar surface area (TPSA) is 66.9 Å². The van der Waals surface area contributed by atoms with Gasteiger partial charge in [-0.15, -0.1) is 0 Å². The number of rotatable bonds is 8. The second kappa shape index (κ2) is 10.3. The van der Waals surface area contributed by atoms with Gasteiger partial charge in [-0.25, -0.2) is 8.42 Å². The predicted octanol–water partition coefficient (Wildman–Crippen LogP) is 3.67. The molecule has 31 heavy (non-hydrogen) atoms. The normalized spacial score (nSPS) is 15.3. The Morgan fingerprint density at radius 3 is 2.26 bits per heavy atom. The minimum absolute atomic E-state index is 0.0460. The molecule has 1 aliphatic rings. The second-order valence-corrected chi connectivity index (χ2v) is 9.99. The second-order valence-electron chi connectivity index (χ2n) is 8.05. The van der Waals surface area contributed by atoms with Gasteiger partial charge in [-0.1, -0.05) is 44.2 Å². The van der Waals surface area contributed by atoms with Crippen molar-refractivity contribution >= 4 is 15.9 Å². The third-order valence-electron chi connectivity index (χ3n) is 5.66. The van der Waals surface area contributed by atoms with Crippen molar-refractivity contribution in [3.05, 3.63) is 59.7 Å². The summed E-state index contributed by atoms with van der Waals surface area (Å²) in [5, 5.41) is 0. The molecule has 3 rings (SSSR count). The molecule has 6 nitrogen and oxygen atoms in total. The highest BCUT2D eigenvalue weighted by Gasteiger charge is 2.30. The molecule has 2 aromatic rings. The van der Waals surface area contributed by atoms with E-state index >= 15 is 0 Å². The Balaban J connectivity index is 1.55. The summed E-state index contributed by atoms with van der Waals surface area (Å²) in [4.78, 5) is 14.8. The molecule has 0 aliphatic carbocycles. The zero-order valence-electron chi connectivity index (χ0n) is 18.6. The van der Waals surface area contributed by atoms with Gasteiger partial charge < -0.3 is 9.64 Å². The standard InChI is InChI=1S/C24H32N2O4S/c1-4-30-23-8-6-5-7-21(23)11-14-24(27)25-15-17-26(18-16-25)31(28,29)22-12-9-20(10-13-22)19(2)3/h5-10,12-13,19H,4,11,14-18H2,1-3H3. The third kappa shape index (κ3) is 5.66. The van der Waals surface area contributed by atoms with Crippen LogP contribution in [0.1, 0.15) is 44.2 Å². The van der Waals surface area contributed by atoms with Crippen LogP contribution < -0.4 is 4.74 Å². The van der Waals surface area contributed by atoms with Crippen molar-refractivity contribution in [2.24, 2.45) is 0 Å². The largest absolute Gasteiger partial charge is 0.494 e. The van der Waals surface area contributed by atoms with E-state index in [4.69, 9.17) is 4.74 Å². The highest BCUT2D eigenvalue weighted by molar-refractivity contribution is 7.89. The molecule has 0 unspecified atom stereocenters. The van der Waals surface area contributed by atoms with E-state index in [1.807, 2.05) is 43.3 Å². The molecule has 2 aromatic carbocycles. The maximum Gasteiger partial charge on any atom is 0.243 e. The Hall–Kier alpha value is -2.38. The maximum absolute atomic E-state index is 13.0. The van der Waals surface area contributed by atoms with Gasteiger partial charge in [-0.05, 0) is 48.6 Å². The fraction of sp³-hybridized carbons (Fsp3) is 0.458. The molecule has 0 radical (unpaired) electrons. The van der Waals surface area contributed by atoms with E-state index in [1.54, 1.807) is 17.0 Å². The quantitative estimate of drug-likeness (QED) is 0.623. The Morgan fingerprint density at radius 2 is 1.65 bits per heavy atom. The third-order valence-corrected chi connectivity index (χ3v) is 7.57. The molecule has 168 valence electrons. The van der Waals surface area contributed by atoms with Crippen molar-refractivity contribution < 1.29 is 17.9 Å². The van der Waals surface area contributed by atoms with Gasteiger partial charge >= 0.3 is 0 Å². The summed E-state index contributed by atoms with van der Waals surface area (Å²) in [6.45, 7) is 8.13. The van der Waals surface area contributed by atoms with Crippen molar-refractivity contribution in [1.82, 2.24) is 9.21 Å². The summed E-state index contributed by atoms with van der Waals surface area (Å²) >= 11 is 0. The molecule has 0 bridgehead atoms. The molecule has 0 N–H and O–H groups in total. The lowest BCUT2D eigenvalue weighted by Crippen LogP contribution is -2.50. The van der Waals surface area contributed by atoms with E-state index in [0.717, 1.165) is 16.9 Å². The molecule has 0 aromatic heterocycles. The van der Waals surface area contributed by atoms with E-state index in [2.05, 4.69) is 13.8 Å². The molecule has 1 heterocycles. The number of benzene rings is 2. The lowest BCUT2D eigenvalue weighted by atomic mass is 10.0. The van der Waals surface area contributed by atoms with Gasteiger partial charge in [0.15, 0.2) is 0 Å². The molecular formula is C24H32N2O4S. The van der Waals surface area contributed by atoms with Crippen LogP contribution in [0.3, 0.4) is 0 Å². The van der Waals surface area contributed by atoms with E-state index in [1.165, 1.54) is 4.31 Å². The number of nitrogens with zero attached hydrogens (tertiary/aromatic N) is 2. The summed E-state index contributed by atoms with van der Waals surface area (Å²) in [6.07, 6.45) is 0.989. The number of aryl methyl sites for hydroxylation is 1. The molecule has 1 fully saturated rings. The zero-order chi connectivity index (χ0) is 22.4. The van der Waals surface area contributed by atoms with E-state index in [9.17, 15) is 13.2 Å². The van der Waals surface area contributed by atoms with Crippen molar-refractivity contribution in [3.63, 3.8) is 0 Å². The first-order valence-electron chi connectivity index (χ1n) is 10.9. The fourth-order valence-electron chi connectivity index (χ4n) is 3.76. The van der Waals surface area contributed by atoms with E-state index in [-0.39, 0.29) is 5.91 Å². The van der Waals surface area contributed by atoms with Gasteiger partial charge in [-0.2, -0.15) is 4.31 Å². The van der Waals surface area contributed by atoms with Crippen molar-refractivity contribution in [3.8, 4) is 5.75 Å². The van der Waals surface area contributed by atoms with Crippen LogP contribution in [0.2, 0.25) is 0 Å². The average Bonchev–Trinajstić information content (AvgIpc) is 2.78. The molecule has 1 aliphatic heterocycles. The molecule has 1 saturated heterocycles. The molecule has 7 heteroatoms. The smallest absolute Gasteiger partial charge is 0.243 e. The van der Waals surface area contributed by atoms with Crippen molar-refractivity contribution in [2.45, 2.75) is 44.4 Å². The van der Waals surface area contributed by atoms with Gasteiger partial charge in [0.25, 0.3) is 0 Å². The van der Waals surface area contributed by atoms with Crippen LogP contribution in [-0.2, 0) is 21.2 Å². The van der Waals surface area contributed by atoms with Crippen molar-refractivity contribution in [1.29, 1.82) is 0 Å². The molecule has 0 spiro atoms. The summed E-state index contributed by atoms with van der Waals surface area (Å²) < 4.78 is 33.0. The Morgan fingerprint density at radius 1 is 1.00 bits per heavy atom. The van der Waals surface area contributed by atoms with Gasteiger partial charge in [0.2, 0.25) is 15.9 Å². The SMILES string of the molecule is CCOc1ccccc1CCC(=O)N1CCN(S(=O)(=O)c2ccc(C(C)C)cc2)CC1. The fourth-order valence-corrected chi connectivity index (χ4v) is 5.18. The first-order chi connectivity index (χ1) is 14.8. The number of piperazine rings is 1. The van der Waals surface area contributed by atoms with Crippen LogP contribution in [0, 0.1) is 0 Å². The first kappa shape index (κ1) is 23.3. The first-order valence-corrected chi connectivity index (χ1v) is 12.4. The van der Waals surface area contributed by atoms with Crippen LogP contribution >= 0.6 is 0 Å². The summed E-state index contributed by atoms with van der Waals surface area (Å²) in [5.74, 6) is 1.22. The number of carbonyl (C=O) groups excluding carboxylic acids is 1. The highest BCUT2D eigenvalue weighted by Crippen LogP contribution is 2.22. The number of carbonyl (C=O) groups is 1. The summed E-state index contributed by atoms with van der Waals surface area (Å²) in [5.41, 5.74) is 2.13. The minimum Gasteiger partial charge on any atom is -0.494 e. The molecular weight excluding hydrogens is 412 g/mol. The molecule has 0 atom stereocenters. The predicted molar refractivity (Wildman–Crippen MR) is 122 cm³/mol. The van der Waals surface area contributed by atoms with Crippen LogP contribution in [0.25, 0.3) is 0 Å². The number of para-hydroxylation sites is 1. The number of hydrogen-bond acceptors (Lipinski definition) is 4. The molecule has 0 saturated carbocycles. The number of hydrogen-bond donors (Lipinski definition) is 0. The van der Waals surface area contributed by atoms with Gasteiger partial charge in [0, 0.05) is 32.6 Å². The highest BCUT2D eigenvalue weighted by atomic mass is 32.2. The summed E-state index contributed by atoms with van der Waals surface area (Å²) in [6, 6.07) is 14.9. The van der Waals surface area contributed by atoms with E-state index < -0.39 is 10.0 Å². The number of sulfonamides is 1. The van der Waals surface area contributed by atoms with Crippen LogP contribution in [0.4, 0.5) is 0 Å². The minimum atomic E-state index is -3.54. The Kier molecular flexibility index (Phi) is 7.73. The number of amides is 1. The lowest BCUT2D eigenvalue weighted by Gasteiger charge is -2.34. The van der Waals surface area contributed by atoms with Crippen LogP contribution in [-0.4, -0.2) is 56.3 Å². The molecule has 1 amide bonds. The Bertz CT molecular complexity index is 979. The van der Waals surface area contributed by atoms with Gasteiger partial charge in [0.1, 0.15) is 5.75 Å². The van der Waals surface area contributed by atoms with Crippen molar-refractivity contribution in [2.75, 3.05) is 32.8 Å².